The number of rotatable bonds is 3. The van der Waals surface area contributed by atoms with E-state index in [2.05, 4.69) is 16.3 Å². The Kier molecular flexibility index (Phi) is 2.99. The number of nitriles is 1. The average molecular weight is 207 g/mol. The Morgan fingerprint density at radius 2 is 1.93 bits per heavy atom. The highest BCUT2D eigenvalue weighted by Crippen LogP contribution is 2.28. The first kappa shape index (κ1) is 10.9. The van der Waals surface area contributed by atoms with Gasteiger partial charge in [0.05, 0.1) is 11.5 Å². The normalized spacial score (nSPS) is 31.5. The quantitative estimate of drug-likeness (QED) is 0.752. The summed E-state index contributed by atoms with van der Waals surface area (Å²) >= 11 is 0. The van der Waals surface area contributed by atoms with Crippen LogP contribution in [-0.4, -0.2) is 37.6 Å². The van der Waals surface area contributed by atoms with Gasteiger partial charge in [0.1, 0.15) is 0 Å². The molecule has 0 unspecified atom stereocenters. The van der Waals surface area contributed by atoms with Gasteiger partial charge in [-0.1, -0.05) is 0 Å². The van der Waals surface area contributed by atoms with Crippen LogP contribution in [0.15, 0.2) is 0 Å². The molecule has 0 spiro atoms. The van der Waals surface area contributed by atoms with Crippen LogP contribution in [0.25, 0.3) is 0 Å². The van der Waals surface area contributed by atoms with Crippen molar-refractivity contribution in [3.63, 3.8) is 0 Å². The number of hydrogen-bond acceptors (Lipinski definition) is 3. The summed E-state index contributed by atoms with van der Waals surface area (Å²) in [7, 11) is 0. The molecule has 0 bridgehead atoms. The first-order valence-corrected chi connectivity index (χ1v) is 5.95. The molecule has 15 heavy (non-hydrogen) atoms. The number of nitrogens with one attached hydrogen (secondary N) is 1. The fraction of sp³-hybridized carbons (Fsp3) is 0.917. The maximum Gasteiger partial charge on any atom is 0.0684 e. The van der Waals surface area contributed by atoms with Gasteiger partial charge < -0.3 is 10.2 Å². The van der Waals surface area contributed by atoms with Gasteiger partial charge in [-0.15, -0.1) is 0 Å². The first-order valence-electron chi connectivity index (χ1n) is 5.95. The molecule has 0 saturated carbocycles. The summed E-state index contributed by atoms with van der Waals surface area (Å²) in [6.07, 6.45) is 0.996. The molecular weight excluding hydrogens is 186 g/mol. The van der Waals surface area contributed by atoms with Crippen molar-refractivity contribution in [2.45, 2.75) is 20.3 Å². The molecule has 0 aromatic rings. The highest BCUT2D eigenvalue weighted by molar-refractivity contribution is 4.95. The Bertz CT molecular complexity index is 255. The van der Waals surface area contributed by atoms with E-state index in [4.69, 9.17) is 5.26 Å². The zero-order valence-corrected chi connectivity index (χ0v) is 9.79. The van der Waals surface area contributed by atoms with Crippen LogP contribution < -0.4 is 5.32 Å². The highest BCUT2D eigenvalue weighted by atomic mass is 15.2. The van der Waals surface area contributed by atoms with E-state index in [1.54, 1.807) is 0 Å². The Labute approximate surface area is 92.4 Å². The molecule has 3 heteroatoms. The summed E-state index contributed by atoms with van der Waals surface area (Å²) in [5.41, 5.74) is -0.157. The van der Waals surface area contributed by atoms with Gasteiger partial charge in [0.25, 0.3) is 0 Å². The van der Waals surface area contributed by atoms with Gasteiger partial charge in [-0.2, -0.15) is 5.26 Å². The molecule has 0 radical (unpaired) electrons. The fourth-order valence-corrected chi connectivity index (χ4v) is 2.63. The zero-order valence-electron chi connectivity index (χ0n) is 9.79. The van der Waals surface area contributed by atoms with Crippen molar-refractivity contribution in [3.05, 3.63) is 0 Å². The second-order valence-electron chi connectivity index (χ2n) is 5.68. The molecule has 84 valence electrons. The summed E-state index contributed by atoms with van der Waals surface area (Å²) in [5, 5.41) is 12.4. The summed E-state index contributed by atoms with van der Waals surface area (Å²) in [5.74, 6) is 1.74. The molecular formula is C12H21N3. The number of nitrogens with zero attached hydrogens (tertiary/aromatic N) is 2. The van der Waals surface area contributed by atoms with E-state index in [9.17, 15) is 0 Å². The molecule has 0 aliphatic carbocycles. The third-order valence-corrected chi connectivity index (χ3v) is 3.82. The zero-order chi connectivity index (χ0) is 10.9. The van der Waals surface area contributed by atoms with Crippen LogP contribution in [0.1, 0.15) is 20.3 Å². The molecule has 2 aliphatic rings. The Balaban J connectivity index is 1.76. The molecule has 2 atom stereocenters. The van der Waals surface area contributed by atoms with E-state index in [1.165, 1.54) is 26.2 Å². The fourth-order valence-electron chi connectivity index (χ4n) is 2.63. The number of fused-ring (bicyclic) bond motifs is 1. The molecule has 2 fully saturated rings. The van der Waals surface area contributed by atoms with E-state index in [1.807, 2.05) is 13.8 Å². The number of likely N-dealkylation sites (tertiary alicyclic amines) is 1. The van der Waals surface area contributed by atoms with Crippen molar-refractivity contribution in [1.82, 2.24) is 10.2 Å². The van der Waals surface area contributed by atoms with Crippen LogP contribution in [0.3, 0.4) is 0 Å². The average Bonchev–Trinajstić information content (AvgIpc) is 2.74. The van der Waals surface area contributed by atoms with Crippen molar-refractivity contribution in [3.8, 4) is 6.07 Å². The Hall–Kier alpha value is -0.590. The van der Waals surface area contributed by atoms with Gasteiger partial charge in [-0.25, -0.2) is 0 Å². The summed E-state index contributed by atoms with van der Waals surface area (Å²) in [6, 6.07) is 2.38. The lowest BCUT2D eigenvalue weighted by atomic mass is 9.91. The molecule has 2 saturated heterocycles. The van der Waals surface area contributed by atoms with Crippen LogP contribution in [0.2, 0.25) is 0 Å². The van der Waals surface area contributed by atoms with Gasteiger partial charge in [0.15, 0.2) is 0 Å². The van der Waals surface area contributed by atoms with Crippen molar-refractivity contribution >= 4 is 0 Å². The largest absolute Gasteiger partial charge is 0.316 e. The molecule has 2 rings (SSSR count). The van der Waals surface area contributed by atoms with Crippen molar-refractivity contribution in [1.29, 1.82) is 5.26 Å². The van der Waals surface area contributed by atoms with E-state index in [0.717, 1.165) is 24.8 Å². The minimum absolute atomic E-state index is 0.157. The van der Waals surface area contributed by atoms with Crippen LogP contribution >= 0.6 is 0 Å². The van der Waals surface area contributed by atoms with Crippen LogP contribution in [0.4, 0.5) is 0 Å². The molecule has 0 aromatic heterocycles. The van der Waals surface area contributed by atoms with Gasteiger partial charge in [0.2, 0.25) is 0 Å². The lowest BCUT2D eigenvalue weighted by molar-refractivity contribution is 0.272. The maximum absolute atomic E-state index is 8.95. The lowest BCUT2D eigenvalue weighted by Gasteiger charge is -2.21. The van der Waals surface area contributed by atoms with Gasteiger partial charge in [0, 0.05) is 13.1 Å². The highest BCUT2D eigenvalue weighted by Gasteiger charge is 2.36. The van der Waals surface area contributed by atoms with Crippen molar-refractivity contribution in [2.24, 2.45) is 17.3 Å². The van der Waals surface area contributed by atoms with Crippen LogP contribution in [0, 0.1) is 28.6 Å². The second kappa shape index (κ2) is 4.11. The summed E-state index contributed by atoms with van der Waals surface area (Å²) in [6.45, 7) is 10.0. The van der Waals surface area contributed by atoms with Gasteiger partial charge in [-0.05, 0) is 51.7 Å². The third-order valence-electron chi connectivity index (χ3n) is 3.82. The maximum atomic E-state index is 8.95. The number of hydrogen-bond donors (Lipinski definition) is 1. The molecule has 1 N–H and O–H groups in total. The summed E-state index contributed by atoms with van der Waals surface area (Å²) < 4.78 is 0. The third kappa shape index (κ3) is 2.50. The van der Waals surface area contributed by atoms with E-state index in [-0.39, 0.29) is 5.41 Å². The SMILES string of the molecule is CC(C)(C#N)CCN1C[C@H]2CNC[C@H]2C1. The summed E-state index contributed by atoms with van der Waals surface area (Å²) in [4.78, 5) is 2.54. The van der Waals surface area contributed by atoms with Crippen LogP contribution in [-0.2, 0) is 0 Å². The van der Waals surface area contributed by atoms with Crippen molar-refractivity contribution in [2.75, 3.05) is 32.7 Å². The van der Waals surface area contributed by atoms with Gasteiger partial charge >= 0.3 is 0 Å². The molecule has 2 aliphatic heterocycles. The second-order valence-corrected chi connectivity index (χ2v) is 5.68. The monoisotopic (exact) mass is 207 g/mol. The standard InChI is InChI=1S/C12H21N3/c1-12(2,9-13)3-4-15-7-10-5-14-6-11(10)8-15/h10-11,14H,3-8H2,1-2H3/t10-,11+. The molecule has 2 heterocycles. The Morgan fingerprint density at radius 3 is 2.47 bits per heavy atom. The van der Waals surface area contributed by atoms with Gasteiger partial charge in [-0.3, -0.25) is 0 Å². The Morgan fingerprint density at radius 1 is 1.33 bits per heavy atom. The predicted molar refractivity (Wildman–Crippen MR) is 60.3 cm³/mol. The van der Waals surface area contributed by atoms with E-state index in [0.29, 0.717) is 0 Å². The van der Waals surface area contributed by atoms with E-state index < -0.39 is 0 Å². The smallest absolute Gasteiger partial charge is 0.0684 e. The first-order chi connectivity index (χ1) is 7.11. The minimum Gasteiger partial charge on any atom is -0.316 e. The lowest BCUT2D eigenvalue weighted by Crippen LogP contribution is -2.29. The van der Waals surface area contributed by atoms with Crippen LogP contribution in [0.5, 0.6) is 0 Å². The van der Waals surface area contributed by atoms with E-state index >= 15 is 0 Å². The van der Waals surface area contributed by atoms with Crippen molar-refractivity contribution < 1.29 is 0 Å². The molecule has 3 nitrogen and oxygen atoms in total. The molecule has 0 amide bonds. The predicted octanol–water partition coefficient (Wildman–Crippen LogP) is 1.08. The topological polar surface area (TPSA) is 39.1 Å². The minimum atomic E-state index is -0.157. The molecule has 0 aromatic carbocycles.